The molecule has 1 aromatic carbocycles. The van der Waals surface area contributed by atoms with Crippen molar-refractivity contribution in [2.75, 3.05) is 19.6 Å². The molecule has 0 aromatic heterocycles. The minimum atomic E-state index is 0. The zero-order valence-corrected chi connectivity index (χ0v) is 12.7. The Morgan fingerprint density at radius 3 is 2.37 bits per heavy atom. The smallest absolute Gasteiger partial charge is 0.119 e. The van der Waals surface area contributed by atoms with Crippen molar-refractivity contribution in [1.82, 2.24) is 5.32 Å². The van der Waals surface area contributed by atoms with Gasteiger partial charge in [0.15, 0.2) is 0 Å². The summed E-state index contributed by atoms with van der Waals surface area (Å²) in [5, 5.41) is 3.38. The van der Waals surface area contributed by atoms with Crippen LogP contribution < -0.4 is 15.8 Å². The fourth-order valence-electron chi connectivity index (χ4n) is 2.37. The van der Waals surface area contributed by atoms with Crippen LogP contribution in [0.25, 0.3) is 0 Å². The average Bonchev–Trinajstić information content (AvgIpc) is 2.40. The van der Waals surface area contributed by atoms with Crippen molar-refractivity contribution in [2.24, 2.45) is 11.7 Å². The van der Waals surface area contributed by atoms with Gasteiger partial charge in [-0.2, -0.15) is 0 Å². The van der Waals surface area contributed by atoms with Gasteiger partial charge in [0.1, 0.15) is 11.9 Å². The molecule has 0 aliphatic carbocycles. The highest BCUT2D eigenvalue weighted by molar-refractivity contribution is 5.85. The van der Waals surface area contributed by atoms with Gasteiger partial charge in [-0.05, 0) is 50.4 Å². The number of halogens is 2. The van der Waals surface area contributed by atoms with Crippen molar-refractivity contribution in [2.45, 2.75) is 25.4 Å². The summed E-state index contributed by atoms with van der Waals surface area (Å²) < 4.78 is 5.92. The molecule has 1 aliphatic heterocycles. The Kier molecular flexibility index (Phi) is 10.1. The zero-order valence-electron chi connectivity index (χ0n) is 11.1. The molecule has 19 heavy (non-hydrogen) atoms. The summed E-state index contributed by atoms with van der Waals surface area (Å²) >= 11 is 0. The highest BCUT2D eigenvalue weighted by Gasteiger charge is 2.18. The SMILES string of the molecule is Cl.Cl.NCC(CC1CCNCC1)Oc1ccccc1. The first-order valence-corrected chi connectivity index (χ1v) is 6.51. The van der Waals surface area contributed by atoms with Gasteiger partial charge in [-0.3, -0.25) is 0 Å². The van der Waals surface area contributed by atoms with Gasteiger partial charge in [0.25, 0.3) is 0 Å². The highest BCUT2D eigenvalue weighted by Crippen LogP contribution is 2.20. The van der Waals surface area contributed by atoms with Gasteiger partial charge < -0.3 is 15.8 Å². The largest absolute Gasteiger partial charge is 0.489 e. The first-order valence-electron chi connectivity index (χ1n) is 6.51. The second-order valence-corrected chi connectivity index (χ2v) is 4.72. The topological polar surface area (TPSA) is 47.3 Å². The highest BCUT2D eigenvalue weighted by atomic mass is 35.5. The Balaban J connectivity index is 0.00000162. The van der Waals surface area contributed by atoms with Gasteiger partial charge in [-0.15, -0.1) is 24.8 Å². The van der Waals surface area contributed by atoms with Gasteiger partial charge in [-0.1, -0.05) is 18.2 Å². The second-order valence-electron chi connectivity index (χ2n) is 4.72. The maximum absolute atomic E-state index is 5.92. The van der Waals surface area contributed by atoms with Gasteiger partial charge in [0.2, 0.25) is 0 Å². The number of rotatable bonds is 5. The Labute approximate surface area is 128 Å². The van der Waals surface area contributed by atoms with Crippen LogP contribution >= 0.6 is 24.8 Å². The lowest BCUT2D eigenvalue weighted by Gasteiger charge is -2.26. The lowest BCUT2D eigenvalue weighted by Crippen LogP contribution is -2.34. The van der Waals surface area contributed by atoms with Crippen molar-refractivity contribution in [3.63, 3.8) is 0 Å². The molecule has 1 aliphatic rings. The average molecular weight is 307 g/mol. The molecule has 0 radical (unpaired) electrons. The molecule has 1 aromatic rings. The third kappa shape index (κ3) is 6.48. The van der Waals surface area contributed by atoms with E-state index in [1.54, 1.807) is 0 Å². The summed E-state index contributed by atoms with van der Waals surface area (Å²) in [5.41, 5.74) is 5.80. The van der Waals surface area contributed by atoms with E-state index in [1.165, 1.54) is 12.8 Å². The molecule has 2 rings (SSSR count). The standard InChI is InChI=1S/C14H22N2O.2ClH/c15-11-14(10-12-6-8-16-9-7-12)17-13-4-2-1-3-5-13;;/h1-5,12,14,16H,6-11,15H2;2*1H. The van der Waals surface area contributed by atoms with E-state index in [2.05, 4.69) is 5.32 Å². The quantitative estimate of drug-likeness (QED) is 0.879. The molecule has 1 atom stereocenters. The van der Waals surface area contributed by atoms with E-state index >= 15 is 0 Å². The molecule has 1 unspecified atom stereocenters. The molecule has 3 nitrogen and oxygen atoms in total. The van der Waals surface area contributed by atoms with Crippen LogP contribution in [0.3, 0.4) is 0 Å². The normalized spacial score (nSPS) is 16.9. The molecule has 1 fully saturated rings. The molecule has 3 N–H and O–H groups in total. The molecular formula is C14H24Cl2N2O. The lowest BCUT2D eigenvalue weighted by molar-refractivity contribution is 0.162. The fourth-order valence-corrected chi connectivity index (χ4v) is 2.37. The molecular weight excluding hydrogens is 283 g/mol. The van der Waals surface area contributed by atoms with E-state index in [0.717, 1.165) is 31.2 Å². The Morgan fingerprint density at radius 1 is 1.16 bits per heavy atom. The van der Waals surface area contributed by atoms with E-state index < -0.39 is 0 Å². The summed E-state index contributed by atoms with van der Waals surface area (Å²) in [6.07, 6.45) is 3.72. The number of nitrogens with one attached hydrogen (secondary N) is 1. The van der Waals surface area contributed by atoms with Gasteiger partial charge in [0, 0.05) is 6.54 Å². The monoisotopic (exact) mass is 306 g/mol. The first-order chi connectivity index (χ1) is 8.38. The van der Waals surface area contributed by atoms with Crippen LogP contribution in [0.15, 0.2) is 30.3 Å². The Bertz CT molecular complexity index is 318. The third-order valence-corrected chi connectivity index (χ3v) is 3.36. The minimum absolute atomic E-state index is 0. The number of para-hydroxylation sites is 1. The Morgan fingerprint density at radius 2 is 1.79 bits per heavy atom. The van der Waals surface area contributed by atoms with Crippen LogP contribution in [0.1, 0.15) is 19.3 Å². The van der Waals surface area contributed by atoms with Crippen LogP contribution in [0.4, 0.5) is 0 Å². The van der Waals surface area contributed by atoms with Crippen molar-refractivity contribution < 1.29 is 4.74 Å². The summed E-state index contributed by atoms with van der Waals surface area (Å²) in [6.45, 7) is 2.86. The fraction of sp³-hybridized carbons (Fsp3) is 0.571. The summed E-state index contributed by atoms with van der Waals surface area (Å²) in [7, 11) is 0. The van der Waals surface area contributed by atoms with Crippen LogP contribution in [0.2, 0.25) is 0 Å². The van der Waals surface area contributed by atoms with E-state index in [0.29, 0.717) is 6.54 Å². The number of ether oxygens (including phenoxy) is 1. The molecule has 1 saturated heterocycles. The van der Waals surface area contributed by atoms with Crippen LogP contribution in [0, 0.1) is 5.92 Å². The molecule has 110 valence electrons. The van der Waals surface area contributed by atoms with Crippen molar-refractivity contribution >= 4 is 24.8 Å². The van der Waals surface area contributed by atoms with Crippen LogP contribution in [0.5, 0.6) is 5.75 Å². The zero-order chi connectivity index (χ0) is 11.9. The molecule has 0 saturated carbocycles. The molecule has 0 spiro atoms. The summed E-state index contributed by atoms with van der Waals surface area (Å²) in [4.78, 5) is 0. The third-order valence-electron chi connectivity index (χ3n) is 3.36. The maximum atomic E-state index is 5.92. The van der Waals surface area contributed by atoms with Crippen molar-refractivity contribution in [3.8, 4) is 5.75 Å². The van der Waals surface area contributed by atoms with Gasteiger partial charge in [-0.25, -0.2) is 0 Å². The summed E-state index contributed by atoms with van der Waals surface area (Å²) in [5.74, 6) is 1.69. The summed E-state index contributed by atoms with van der Waals surface area (Å²) in [6, 6.07) is 9.97. The maximum Gasteiger partial charge on any atom is 0.119 e. The van der Waals surface area contributed by atoms with Gasteiger partial charge >= 0.3 is 0 Å². The minimum Gasteiger partial charge on any atom is -0.489 e. The van der Waals surface area contributed by atoms with Crippen molar-refractivity contribution in [1.29, 1.82) is 0 Å². The predicted octanol–water partition coefficient (Wildman–Crippen LogP) is 2.63. The lowest BCUT2D eigenvalue weighted by atomic mass is 9.92. The number of nitrogens with two attached hydrogens (primary N) is 1. The molecule has 5 heteroatoms. The molecule has 1 heterocycles. The van der Waals surface area contributed by atoms with Crippen LogP contribution in [-0.4, -0.2) is 25.7 Å². The Hall–Kier alpha value is -0.480. The molecule has 0 amide bonds. The van der Waals surface area contributed by atoms with Crippen molar-refractivity contribution in [3.05, 3.63) is 30.3 Å². The van der Waals surface area contributed by atoms with Gasteiger partial charge in [0.05, 0.1) is 0 Å². The van der Waals surface area contributed by atoms with E-state index in [-0.39, 0.29) is 30.9 Å². The van der Waals surface area contributed by atoms with E-state index in [1.807, 2.05) is 30.3 Å². The first kappa shape index (κ1) is 18.5. The number of hydrogen-bond acceptors (Lipinski definition) is 3. The number of hydrogen-bond donors (Lipinski definition) is 2. The van der Waals surface area contributed by atoms with E-state index in [9.17, 15) is 0 Å². The second kappa shape index (κ2) is 10.3. The molecule has 0 bridgehead atoms. The van der Waals surface area contributed by atoms with E-state index in [4.69, 9.17) is 10.5 Å². The number of benzene rings is 1. The number of piperidine rings is 1. The van der Waals surface area contributed by atoms with Crippen LogP contribution in [-0.2, 0) is 0 Å². The predicted molar refractivity (Wildman–Crippen MR) is 84.6 cm³/mol.